The van der Waals surface area contributed by atoms with Crippen LogP contribution in [0.15, 0.2) is 48.5 Å². The molecule has 0 fully saturated rings. The second-order valence-corrected chi connectivity index (χ2v) is 7.23. The fraction of sp³-hybridized carbons (Fsp3) is 0.381. The summed E-state index contributed by atoms with van der Waals surface area (Å²) in [6.07, 6.45) is 0.509. The molecule has 0 saturated heterocycles. The summed E-state index contributed by atoms with van der Waals surface area (Å²) in [5.74, 6) is 0.495. The maximum absolute atomic E-state index is 11.6. The van der Waals surface area contributed by atoms with Crippen molar-refractivity contribution in [1.82, 2.24) is 0 Å². The van der Waals surface area contributed by atoms with E-state index < -0.39 is 0 Å². The molecule has 0 radical (unpaired) electrons. The minimum atomic E-state index is 0.0823. The lowest BCUT2D eigenvalue weighted by atomic mass is 9.70. The van der Waals surface area contributed by atoms with E-state index in [0.717, 1.165) is 5.56 Å². The van der Waals surface area contributed by atoms with E-state index in [-0.39, 0.29) is 17.1 Å². The highest BCUT2D eigenvalue weighted by Gasteiger charge is 2.30. The third-order valence-corrected chi connectivity index (χ3v) is 4.17. The van der Waals surface area contributed by atoms with Crippen LogP contribution in [0.1, 0.15) is 55.9 Å². The highest BCUT2D eigenvalue weighted by Crippen LogP contribution is 2.43. The van der Waals surface area contributed by atoms with Gasteiger partial charge in [-0.1, -0.05) is 69.3 Å². The van der Waals surface area contributed by atoms with E-state index in [4.69, 9.17) is 0 Å². The molecule has 1 nitrogen and oxygen atoms in total. The van der Waals surface area contributed by atoms with Gasteiger partial charge < -0.3 is 0 Å². The van der Waals surface area contributed by atoms with Crippen molar-refractivity contribution in [3.63, 3.8) is 0 Å². The number of hydrogen-bond acceptors (Lipinski definition) is 1. The smallest absolute Gasteiger partial charge is 0.134 e. The summed E-state index contributed by atoms with van der Waals surface area (Å²) in [7, 11) is 0. The van der Waals surface area contributed by atoms with Crippen LogP contribution in [-0.2, 0) is 11.2 Å². The molecule has 0 amide bonds. The van der Waals surface area contributed by atoms with E-state index in [2.05, 4.69) is 70.2 Å². The molecule has 0 N–H and O–H groups in total. The standard InChI is InChI=1S/C21H26O/c1-15-10-6-8-12-18(15)20(21(3,4)5)19-13-9-7-11-17(19)14-16(2)22/h6-13,20H,14H2,1-5H3. The monoisotopic (exact) mass is 294 g/mol. The van der Waals surface area contributed by atoms with E-state index in [0.29, 0.717) is 6.42 Å². The molecule has 22 heavy (non-hydrogen) atoms. The molecular weight excluding hydrogens is 268 g/mol. The fourth-order valence-electron chi connectivity index (χ4n) is 3.26. The molecule has 1 heteroatoms. The Balaban J connectivity index is 2.62. The molecule has 0 aliphatic rings. The molecule has 1 atom stereocenters. The molecule has 2 rings (SSSR count). The fourth-order valence-corrected chi connectivity index (χ4v) is 3.26. The largest absolute Gasteiger partial charge is 0.300 e. The van der Waals surface area contributed by atoms with Gasteiger partial charge in [0.15, 0.2) is 0 Å². The third-order valence-electron chi connectivity index (χ3n) is 4.17. The Hall–Kier alpha value is -1.89. The number of benzene rings is 2. The van der Waals surface area contributed by atoms with Gasteiger partial charge in [0.25, 0.3) is 0 Å². The topological polar surface area (TPSA) is 17.1 Å². The number of carbonyl (C=O) groups is 1. The lowest BCUT2D eigenvalue weighted by Crippen LogP contribution is -2.22. The van der Waals surface area contributed by atoms with Crippen LogP contribution in [0.3, 0.4) is 0 Å². The second kappa shape index (κ2) is 6.48. The Morgan fingerprint density at radius 1 is 0.955 bits per heavy atom. The van der Waals surface area contributed by atoms with Crippen molar-refractivity contribution >= 4 is 5.78 Å². The van der Waals surface area contributed by atoms with Gasteiger partial charge in [0, 0.05) is 12.3 Å². The van der Waals surface area contributed by atoms with Gasteiger partial charge in [-0.2, -0.15) is 0 Å². The molecule has 0 bridgehead atoms. The van der Waals surface area contributed by atoms with E-state index >= 15 is 0 Å². The van der Waals surface area contributed by atoms with Crippen LogP contribution in [0.2, 0.25) is 0 Å². The first-order valence-electron chi connectivity index (χ1n) is 7.93. The van der Waals surface area contributed by atoms with Crippen LogP contribution in [0, 0.1) is 12.3 Å². The predicted molar refractivity (Wildman–Crippen MR) is 93.3 cm³/mol. The minimum Gasteiger partial charge on any atom is -0.300 e. The van der Waals surface area contributed by atoms with Crippen molar-refractivity contribution in [3.8, 4) is 0 Å². The highest BCUT2D eigenvalue weighted by molar-refractivity contribution is 5.78. The Morgan fingerprint density at radius 2 is 1.50 bits per heavy atom. The summed E-state index contributed by atoms with van der Waals surface area (Å²) in [5.41, 5.74) is 5.17. The van der Waals surface area contributed by atoms with Crippen molar-refractivity contribution in [2.24, 2.45) is 5.41 Å². The highest BCUT2D eigenvalue weighted by atomic mass is 16.1. The first-order valence-corrected chi connectivity index (χ1v) is 7.93. The molecular formula is C21H26O. The maximum atomic E-state index is 11.6. The summed E-state index contributed by atoms with van der Waals surface area (Å²) >= 11 is 0. The zero-order chi connectivity index (χ0) is 16.3. The molecule has 1 unspecified atom stereocenters. The van der Waals surface area contributed by atoms with Gasteiger partial charge in [-0.15, -0.1) is 0 Å². The predicted octanol–water partition coefficient (Wildman–Crippen LogP) is 5.30. The van der Waals surface area contributed by atoms with Crippen LogP contribution < -0.4 is 0 Å². The lowest BCUT2D eigenvalue weighted by Gasteiger charge is -2.34. The van der Waals surface area contributed by atoms with Gasteiger partial charge in [-0.05, 0) is 41.5 Å². The van der Waals surface area contributed by atoms with Crippen molar-refractivity contribution < 1.29 is 4.79 Å². The number of ketones is 1. The van der Waals surface area contributed by atoms with Gasteiger partial charge in [-0.3, -0.25) is 4.79 Å². The first-order chi connectivity index (χ1) is 10.3. The molecule has 0 aliphatic heterocycles. The SMILES string of the molecule is CC(=O)Cc1ccccc1C(c1ccccc1C)C(C)(C)C. The van der Waals surface area contributed by atoms with Crippen molar-refractivity contribution in [2.75, 3.05) is 0 Å². The van der Waals surface area contributed by atoms with Gasteiger partial charge in [0.2, 0.25) is 0 Å². The summed E-state index contributed by atoms with van der Waals surface area (Å²) in [6.45, 7) is 10.6. The summed E-state index contributed by atoms with van der Waals surface area (Å²) in [5, 5.41) is 0. The second-order valence-electron chi connectivity index (χ2n) is 7.23. The zero-order valence-corrected chi connectivity index (χ0v) is 14.3. The Labute approximate surface area is 134 Å². The Kier molecular flexibility index (Phi) is 4.85. The average Bonchev–Trinajstić information content (AvgIpc) is 2.41. The molecule has 0 heterocycles. The number of rotatable bonds is 4. The van der Waals surface area contributed by atoms with Crippen LogP contribution in [0.25, 0.3) is 0 Å². The van der Waals surface area contributed by atoms with Crippen molar-refractivity contribution in [3.05, 3.63) is 70.8 Å². The van der Waals surface area contributed by atoms with E-state index in [9.17, 15) is 4.79 Å². The van der Waals surface area contributed by atoms with Gasteiger partial charge in [-0.25, -0.2) is 0 Å². The molecule has 116 valence electrons. The van der Waals surface area contributed by atoms with E-state index in [1.807, 2.05) is 6.07 Å². The molecule has 0 aromatic heterocycles. The van der Waals surface area contributed by atoms with Gasteiger partial charge >= 0.3 is 0 Å². The van der Waals surface area contributed by atoms with Crippen LogP contribution in [-0.4, -0.2) is 5.78 Å². The Bertz CT molecular complexity index is 662. The van der Waals surface area contributed by atoms with Gasteiger partial charge in [0.05, 0.1) is 0 Å². The van der Waals surface area contributed by atoms with Crippen molar-refractivity contribution in [2.45, 2.75) is 47.0 Å². The van der Waals surface area contributed by atoms with Crippen LogP contribution in [0.4, 0.5) is 0 Å². The summed E-state index contributed by atoms with van der Waals surface area (Å²) in [4.78, 5) is 11.6. The summed E-state index contributed by atoms with van der Waals surface area (Å²) < 4.78 is 0. The van der Waals surface area contributed by atoms with Gasteiger partial charge in [0.1, 0.15) is 5.78 Å². The molecule has 0 aliphatic carbocycles. The first kappa shape index (κ1) is 16.5. The minimum absolute atomic E-state index is 0.0823. The number of carbonyl (C=O) groups excluding carboxylic acids is 1. The molecule has 2 aromatic rings. The molecule has 2 aromatic carbocycles. The number of aryl methyl sites for hydroxylation is 1. The van der Waals surface area contributed by atoms with E-state index in [1.165, 1.54) is 16.7 Å². The van der Waals surface area contributed by atoms with Crippen LogP contribution in [0.5, 0.6) is 0 Å². The van der Waals surface area contributed by atoms with E-state index in [1.54, 1.807) is 6.92 Å². The van der Waals surface area contributed by atoms with Crippen molar-refractivity contribution in [1.29, 1.82) is 0 Å². The quantitative estimate of drug-likeness (QED) is 0.747. The normalized spacial score (nSPS) is 13.0. The molecule has 0 spiro atoms. The molecule has 0 saturated carbocycles. The lowest BCUT2D eigenvalue weighted by molar-refractivity contribution is -0.116. The zero-order valence-electron chi connectivity index (χ0n) is 14.3. The maximum Gasteiger partial charge on any atom is 0.134 e. The number of Topliss-reactive ketones (excluding diaryl/α,β-unsaturated/α-hetero) is 1. The summed E-state index contributed by atoms with van der Waals surface area (Å²) in [6, 6.07) is 17.0. The third kappa shape index (κ3) is 3.65. The number of hydrogen-bond donors (Lipinski definition) is 0. The van der Waals surface area contributed by atoms with Crippen LogP contribution >= 0.6 is 0 Å². The average molecular weight is 294 g/mol. The Morgan fingerprint density at radius 3 is 2.05 bits per heavy atom.